The Kier molecular flexibility index (Phi) is 6.82. The summed E-state index contributed by atoms with van der Waals surface area (Å²) < 4.78 is 20.6. The standard InChI is InChI=1S/C27H31FN4O2/c1-5-12-32-23-14-22(28)20(13-21(23)18(2)15-27(32,3)4)16-30-31-25(33)17-34-24-10-6-8-19-9-7-11-29-26(19)24/h6-11,13-14,16,18H,5,12,15,17H2,1-4H3,(H,31,33)/b30-16-. The fourth-order valence-corrected chi connectivity index (χ4v) is 4.81. The van der Waals surface area contributed by atoms with E-state index in [-0.39, 0.29) is 18.0 Å². The maximum atomic E-state index is 15.0. The normalized spacial score (nSPS) is 17.1. The second-order valence-corrected chi connectivity index (χ2v) is 9.41. The minimum Gasteiger partial charge on any atom is -0.481 e. The SMILES string of the molecule is CCCN1c2cc(F)c(/C=N\NC(=O)COc3cccc4cccnc34)cc2C(C)CC1(C)C. The molecule has 1 aliphatic rings. The van der Waals surface area contributed by atoms with Crippen LogP contribution < -0.4 is 15.1 Å². The van der Waals surface area contributed by atoms with Gasteiger partial charge in [-0.05, 0) is 62.4 Å². The number of fused-ring (bicyclic) bond motifs is 2. The summed E-state index contributed by atoms with van der Waals surface area (Å²) in [4.78, 5) is 18.8. The summed E-state index contributed by atoms with van der Waals surface area (Å²) in [6.45, 7) is 9.38. The van der Waals surface area contributed by atoms with Crippen LogP contribution in [0.4, 0.5) is 10.1 Å². The van der Waals surface area contributed by atoms with Gasteiger partial charge in [0.2, 0.25) is 0 Å². The predicted octanol–water partition coefficient (Wildman–Crippen LogP) is 5.41. The van der Waals surface area contributed by atoms with Crippen LogP contribution in [0.1, 0.15) is 57.6 Å². The molecule has 0 bridgehead atoms. The van der Waals surface area contributed by atoms with Crippen molar-refractivity contribution in [3.8, 4) is 5.75 Å². The minimum absolute atomic E-state index is 0.0297. The van der Waals surface area contributed by atoms with Gasteiger partial charge in [-0.2, -0.15) is 5.10 Å². The third-order valence-corrected chi connectivity index (χ3v) is 6.30. The number of hydrazone groups is 1. The predicted molar refractivity (Wildman–Crippen MR) is 134 cm³/mol. The van der Waals surface area contributed by atoms with Crippen molar-refractivity contribution in [2.45, 2.75) is 52.0 Å². The average molecular weight is 463 g/mol. The maximum absolute atomic E-state index is 15.0. The molecule has 1 unspecified atom stereocenters. The van der Waals surface area contributed by atoms with Gasteiger partial charge in [-0.25, -0.2) is 9.82 Å². The zero-order valence-electron chi connectivity index (χ0n) is 20.1. The topological polar surface area (TPSA) is 66.8 Å². The molecule has 7 heteroatoms. The van der Waals surface area contributed by atoms with Crippen molar-refractivity contribution in [1.82, 2.24) is 10.4 Å². The van der Waals surface area contributed by atoms with Crippen molar-refractivity contribution in [3.05, 3.63) is 65.6 Å². The molecule has 178 valence electrons. The number of hydrogen-bond donors (Lipinski definition) is 1. The highest BCUT2D eigenvalue weighted by Gasteiger charge is 2.36. The largest absolute Gasteiger partial charge is 0.481 e. The summed E-state index contributed by atoms with van der Waals surface area (Å²) in [6.07, 6.45) is 5.00. The average Bonchev–Trinajstić information content (AvgIpc) is 2.80. The molecule has 3 aromatic rings. The van der Waals surface area contributed by atoms with Crippen LogP contribution in [0.2, 0.25) is 0 Å². The van der Waals surface area contributed by atoms with Gasteiger partial charge in [0.1, 0.15) is 17.1 Å². The highest BCUT2D eigenvalue weighted by Crippen LogP contribution is 2.44. The number of para-hydroxylation sites is 1. The Hall–Kier alpha value is -3.48. The van der Waals surface area contributed by atoms with Crippen LogP contribution >= 0.6 is 0 Å². The molecule has 6 nitrogen and oxygen atoms in total. The number of halogens is 1. The quantitative estimate of drug-likeness (QED) is 0.377. The lowest BCUT2D eigenvalue weighted by atomic mass is 9.79. The van der Waals surface area contributed by atoms with Crippen LogP contribution in [0.5, 0.6) is 5.75 Å². The molecule has 0 fully saturated rings. The van der Waals surface area contributed by atoms with Gasteiger partial charge in [-0.1, -0.05) is 32.0 Å². The molecular weight excluding hydrogens is 431 g/mol. The van der Waals surface area contributed by atoms with Gasteiger partial charge >= 0.3 is 0 Å². The summed E-state index contributed by atoms with van der Waals surface area (Å²) in [6, 6.07) is 12.8. The van der Waals surface area contributed by atoms with E-state index in [4.69, 9.17) is 4.74 Å². The van der Waals surface area contributed by atoms with E-state index in [2.05, 4.69) is 48.1 Å². The van der Waals surface area contributed by atoms with Crippen LogP contribution in [-0.2, 0) is 4.79 Å². The number of amides is 1. The highest BCUT2D eigenvalue weighted by molar-refractivity contribution is 5.86. The molecular formula is C27H31FN4O2. The van der Waals surface area contributed by atoms with Gasteiger partial charge in [-0.15, -0.1) is 0 Å². The van der Waals surface area contributed by atoms with Gasteiger partial charge in [0, 0.05) is 34.9 Å². The van der Waals surface area contributed by atoms with Crippen LogP contribution in [0, 0.1) is 5.82 Å². The molecule has 0 spiro atoms. The smallest absolute Gasteiger partial charge is 0.277 e. The monoisotopic (exact) mass is 462 g/mol. The van der Waals surface area contributed by atoms with Crippen molar-refractivity contribution in [2.24, 2.45) is 5.10 Å². The molecule has 1 aliphatic heterocycles. The molecule has 34 heavy (non-hydrogen) atoms. The Morgan fingerprint density at radius 1 is 1.32 bits per heavy atom. The molecule has 1 N–H and O–H groups in total. The molecule has 1 atom stereocenters. The van der Waals surface area contributed by atoms with E-state index < -0.39 is 5.91 Å². The number of benzene rings is 2. The van der Waals surface area contributed by atoms with Gasteiger partial charge in [-0.3, -0.25) is 9.78 Å². The summed E-state index contributed by atoms with van der Waals surface area (Å²) in [7, 11) is 0. The lowest BCUT2D eigenvalue weighted by Gasteiger charge is -2.47. The van der Waals surface area contributed by atoms with Gasteiger partial charge in [0.15, 0.2) is 6.61 Å². The first kappa shape index (κ1) is 23.7. The van der Waals surface area contributed by atoms with E-state index >= 15 is 0 Å². The Balaban J connectivity index is 1.44. The number of rotatable bonds is 7. The van der Waals surface area contributed by atoms with Crippen molar-refractivity contribution < 1.29 is 13.9 Å². The molecule has 0 radical (unpaired) electrons. The third-order valence-electron chi connectivity index (χ3n) is 6.30. The lowest BCUT2D eigenvalue weighted by molar-refractivity contribution is -0.123. The van der Waals surface area contributed by atoms with Gasteiger partial charge in [0.05, 0.1) is 6.21 Å². The Labute approximate surface area is 199 Å². The van der Waals surface area contributed by atoms with Crippen LogP contribution in [0.3, 0.4) is 0 Å². The van der Waals surface area contributed by atoms with Crippen LogP contribution in [-0.4, -0.2) is 35.8 Å². The van der Waals surface area contributed by atoms with Crippen molar-refractivity contribution >= 4 is 28.7 Å². The highest BCUT2D eigenvalue weighted by atomic mass is 19.1. The third kappa shape index (κ3) is 4.88. The summed E-state index contributed by atoms with van der Waals surface area (Å²) in [5.74, 6) is 0.0160. The minimum atomic E-state index is -0.438. The number of nitrogens with zero attached hydrogens (tertiary/aromatic N) is 3. The first-order valence-corrected chi connectivity index (χ1v) is 11.7. The van der Waals surface area contributed by atoms with E-state index in [1.165, 1.54) is 6.21 Å². The molecule has 0 saturated carbocycles. The van der Waals surface area contributed by atoms with Gasteiger partial charge in [0.25, 0.3) is 5.91 Å². The van der Waals surface area contributed by atoms with Crippen LogP contribution in [0.25, 0.3) is 10.9 Å². The second-order valence-electron chi connectivity index (χ2n) is 9.41. The van der Waals surface area contributed by atoms with E-state index in [0.29, 0.717) is 22.7 Å². The van der Waals surface area contributed by atoms with Crippen molar-refractivity contribution in [1.29, 1.82) is 0 Å². The zero-order valence-corrected chi connectivity index (χ0v) is 20.1. The van der Waals surface area contributed by atoms with E-state index in [9.17, 15) is 9.18 Å². The van der Waals surface area contributed by atoms with E-state index in [1.807, 2.05) is 30.3 Å². The zero-order chi connectivity index (χ0) is 24.3. The fourth-order valence-electron chi connectivity index (χ4n) is 4.81. The number of pyridine rings is 1. The number of carbonyl (C=O) groups is 1. The van der Waals surface area contributed by atoms with Crippen LogP contribution in [0.15, 0.2) is 53.8 Å². The Morgan fingerprint density at radius 2 is 2.12 bits per heavy atom. The molecule has 2 aromatic carbocycles. The molecule has 1 aromatic heterocycles. The molecule has 1 amide bonds. The van der Waals surface area contributed by atoms with Crippen molar-refractivity contribution in [3.63, 3.8) is 0 Å². The maximum Gasteiger partial charge on any atom is 0.277 e. The number of nitrogens with one attached hydrogen (secondary N) is 1. The fraction of sp³-hybridized carbons (Fsp3) is 0.370. The van der Waals surface area contributed by atoms with E-state index in [0.717, 1.165) is 36.0 Å². The summed E-state index contributed by atoms with van der Waals surface area (Å²) in [5, 5.41) is 4.89. The van der Waals surface area contributed by atoms with Crippen molar-refractivity contribution in [2.75, 3.05) is 18.1 Å². The Morgan fingerprint density at radius 3 is 2.91 bits per heavy atom. The number of carbonyl (C=O) groups excluding carboxylic acids is 1. The lowest BCUT2D eigenvalue weighted by Crippen LogP contribution is -2.48. The molecule has 0 aliphatic carbocycles. The summed E-state index contributed by atoms with van der Waals surface area (Å²) >= 11 is 0. The van der Waals surface area contributed by atoms with E-state index in [1.54, 1.807) is 18.3 Å². The number of hydrogen-bond acceptors (Lipinski definition) is 5. The number of ether oxygens (including phenoxy) is 1. The molecule has 4 rings (SSSR count). The first-order chi connectivity index (χ1) is 16.3. The molecule has 0 saturated heterocycles. The number of aromatic nitrogens is 1. The first-order valence-electron chi connectivity index (χ1n) is 11.7. The summed E-state index contributed by atoms with van der Waals surface area (Å²) in [5.41, 5.74) is 5.47. The van der Waals surface area contributed by atoms with Gasteiger partial charge < -0.3 is 9.64 Å². The molecule has 2 heterocycles. The number of anilines is 1. The second kappa shape index (κ2) is 9.79. The Bertz CT molecular complexity index is 1220.